The molecule has 2 rings (SSSR count). The lowest BCUT2D eigenvalue weighted by Gasteiger charge is -2.08. The lowest BCUT2D eigenvalue weighted by molar-refractivity contribution is -0.113. The number of allylic oxidation sites excluding steroid dienone is 1. The molecule has 0 saturated heterocycles. The van der Waals surface area contributed by atoms with Crippen molar-refractivity contribution < 1.29 is 4.79 Å². The number of anilines is 1. The fraction of sp³-hybridized carbons (Fsp3) is 0.450. The number of nitrogens with zero attached hydrogens (tertiary/aromatic N) is 3. The average molecular weight is 441 g/mol. The Balaban J connectivity index is 1.91. The minimum Gasteiger partial charge on any atom is -0.325 e. The van der Waals surface area contributed by atoms with Gasteiger partial charge in [-0.25, -0.2) is 0 Å². The monoisotopic (exact) mass is 440 g/mol. The fourth-order valence-electron chi connectivity index (χ4n) is 2.76. The number of benzene rings is 1. The summed E-state index contributed by atoms with van der Waals surface area (Å²) in [5, 5.41) is 13.1. The molecule has 28 heavy (non-hydrogen) atoms. The molecule has 0 unspecified atom stereocenters. The summed E-state index contributed by atoms with van der Waals surface area (Å²) >= 11 is 13.3. The quantitative estimate of drug-likeness (QED) is 0.249. The van der Waals surface area contributed by atoms with Gasteiger partial charge in [0.05, 0.1) is 5.75 Å². The van der Waals surface area contributed by atoms with Crippen LogP contribution in [0.2, 0.25) is 10.0 Å². The molecule has 0 bridgehead atoms. The number of unbranched alkanes of at least 4 members (excludes halogenated alkanes) is 4. The summed E-state index contributed by atoms with van der Waals surface area (Å²) < 4.78 is 2.03. The molecule has 0 aliphatic rings. The van der Waals surface area contributed by atoms with Gasteiger partial charge in [0.1, 0.15) is 5.82 Å². The summed E-state index contributed by atoms with van der Waals surface area (Å²) in [4.78, 5) is 12.3. The second-order valence-electron chi connectivity index (χ2n) is 6.46. The van der Waals surface area contributed by atoms with Crippen molar-refractivity contribution in [3.05, 3.63) is 46.7 Å². The van der Waals surface area contributed by atoms with Crippen LogP contribution >= 0.6 is 35.0 Å². The van der Waals surface area contributed by atoms with Gasteiger partial charge in [0.15, 0.2) is 5.16 Å². The standard InChI is InChI=1S/C20H26Cl2N4OS/c1-3-5-6-7-8-9-18-24-25-20(26(18)10-4-2)28-14-19(27)23-17-12-15(21)11-16(22)13-17/h4,11-13H,2-3,5-10,14H2,1H3,(H,23,27). The Morgan fingerprint density at radius 2 is 1.89 bits per heavy atom. The zero-order valence-electron chi connectivity index (χ0n) is 16.1. The first kappa shape index (κ1) is 22.8. The van der Waals surface area contributed by atoms with Gasteiger partial charge in [-0.2, -0.15) is 0 Å². The molecule has 2 aromatic rings. The number of nitrogens with one attached hydrogen (secondary N) is 1. The van der Waals surface area contributed by atoms with Gasteiger partial charge < -0.3 is 9.88 Å². The molecule has 0 fully saturated rings. The van der Waals surface area contributed by atoms with Gasteiger partial charge in [0.2, 0.25) is 5.91 Å². The summed E-state index contributed by atoms with van der Waals surface area (Å²) in [5.41, 5.74) is 0.573. The van der Waals surface area contributed by atoms with Crippen molar-refractivity contribution in [3.63, 3.8) is 0 Å². The molecule has 1 aromatic heterocycles. The molecule has 0 saturated carbocycles. The van der Waals surface area contributed by atoms with E-state index >= 15 is 0 Å². The Hall–Kier alpha value is -1.50. The largest absolute Gasteiger partial charge is 0.325 e. The Morgan fingerprint density at radius 1 is 1.18 bits per heavy atom. The van der Waals surface area contributed by atoms with Gasteiger partial charge in [0.25, 0.3) is 0 Å². The number of aromatic nitrogens is 3. The topological polar surface area (TPSA) is 59.8 Å². The molecule has 1 heterocycles. The number of amides is 1. The molecule has 5 nitrogen and oxygen atoms in total. The smallest absolute Gasteiger partial charge is 0.234 e. The summed E-state index contributed by atoms with van der Waals surface area (Å²) in [6.07, 6.45) is 8.75. The van der Waals surface area contributed by atoms with E-state index in [1.165, 1.54) is 37.4 Å². The van der Waals surface area contributed by atoms with E-state index in [0.29, 0.717) is 22.3 Å². The highest BCUT2D eigenvalue weighted by atomic mass is 35.5. The summed E-state index contributed by atoms with van der Waals surface area (Å²) in [6, 6.07) is 4.94. The van der Waals surface area contributed by atoms with Gasteiger partial charge in [-0.15, -0.1) is 16.8 Å². The van der Waals surface area contributed by atoms with E-state index in [9.17, 15) is 4.79 Å². The zero-order valence-corrected chi connectivity index (χ0v) is 18.4. The highest BCUT2D eigenvalue weighted by Crippen LogP contribution is 2.23. The van der Waals surface area contributed by atoms with E-state index in [-0.39, 0.29) is 11.7 Å². The number of carbonyl (C=O) groups is 1. The SMILES string of the molecule is C=CCn1c(CCCCCCC)nnc1SCC(=O)Nc1cc(Cl)cc(Cl)c1. The first-order valence-electron chi connectivity index (χ1n) is 9.45. The van der Waals surface area contributed by atoms with Gasteiger partial charge in [-0.3, -0.25) is 4.79 Å². The van der Waals surface area contributed by atoms with Crippen molar-refractivity contribution in [3.8, 4) is 0 Å². The van der Waals surface area contributed by atoms with Gasteiger partial charge in [0, 0.05) is 28.7 Å². The lowest BCUT2D eigenvalue weighted by Crippen LogP contribution is -2.14. The summed E-state index contributed by atoms with van der Waals surface area (Å²) in [7, 11) is 0. The molecule has 1 aromatic carbocycles. The maximum Gasteiger partial charge on any atom is 0.234 e. The van der Waals surface area contributed by atoms with Crippen molar-refractivity contribution >= 4 is 46.6 Å². The number of halogens is 2. The van der Waals surface area contributed by atoms with Crippen LogP contribution < -0.4 is 5.32 Å². The van der Waals surface area contributed by atoms with Crippen LogP contribution in [0.4, 0.5) is 5.69 Å². The van der Waals surface area contributed by atoms with Gasteiger partial charge >= 0.3 is 0 Å². The molecular formula is C20H26Cl2N4OS. The molecule has 8 heteroatoms. The number of hydrogen-bond acceptors (Lipinski definition) is 4. The average Bonchev–Trinajstić information content (AvgIpc) is 3.01. The van der Waals surface area contributed by atoms with Crippen LogP contribution in [0.25, 0.3) is 0 Å². The van der Waals surface area contributed by atoms with E-state index in [4.69, 9.17) is 23.2 Å². The van der Waals surface area contributed by atoms with Gasteiger partial charge in [-0.05, 0) is 24.6 Å². The molecular weight excluding hydrogens is 415 g/mol. The van der Waals surface area contributed by atoms with Crippen molar-refractivity contribution in [1.82, 2.24) is 14.8 Å². The first-order valence-corrected chi connectivity index (χ1v) is 11.2. The Bertz CT molecular complexity index is 774. The van der Waals surface area contributed by atoms with Crippen LogP contribution in [0.5, 0.6) is 0 Å². The van der Waals surface area contributed by atoms with Crippen molar-refractivity contribution in [2.24, 2.45) is 0 Å². The molecule has 0 radical (unpaired) electrons. The third-order valence-electron chi connectivity index (χ3n) is 4.09. The normalized spacial score (nSPS) is 10.8. The Morgan fingerprint density at radius 3 is 2.57 bits per heavy atom. The minimum absolute atomic E-state index is 0.155. The molecule has 1 amide bonds. The van der Waals surface area contributed by atoms with Crippen molar-refractivity contribution in [2.45, 2.75) is 57.1 Å². The van der Waals surface area contributed by atoms with Crippen molar-refractivity contribution in [1.29, 1.82) is 0 Å². The third-order valence-corrected chi connectivity index (χ3v) is 5.49. The summed E-state index contributed by atoms with van der Waals surface area (Å²) in [5.74, 6) is 1.01. The number of aryl methyl sites for hydroxylation is 1. The zero-order chi connectivity index (χ0) is 20.4. The third kappa shape index (κ3) is 7.49. The van der Waals surface area contributed by atoms with Crippen LogP contribution in [0.3, 0.4) is 0 Å². The second-order valence-corrected chi connectivity index (χ2v) is 8.27. The maximum atomic E-state index is 12.3. The summed E-state index contributed by atoms with van der Waals surface area (Å²) in [6.45, 7) is 6.66. The van der Waals surface area contributed by atoms with E-state index in [1.807, 2.05) is 10.6 Å². The van der Waals surface area contributed by atoms with E-state index in [1.54, 1.807) is 18.2 Å². The second kappa shape index (κ2) is 12.1. The fourth-order valence-corrected chi connectivity index (χ4v) is 4.06. The Labute approximate surface area is 180 Å². The molecule has 0 spiro atoms. The van der Waals surface area contributed by atoms with Gasteiger partial charge in [-0.1, -0.05) is 73.6 Å². The number of rotatable bonds is 12. The number of hydrogen-bond donors (Lipinski definition) is 1. The predicted octanol–water partition coefficient (Wildman–Crippen LogP) is 6.01. The molecule has 0 atom stereocenters. The predicted molar refractivity (Wildman–Crippen MR) is 118 cm³/mol. The van der Waals surface area contributed by atoms with Crippen molar-refractivity contribution in [2.75, 3.05) is 11.1 Å². The first-order chi connectivity index (χ1) is 13.5. The van der Waals surface area contributed by atoms with Crippen LogP contribution in [0.15, 0.2) is 36.0 Å². The van der Waals surface area contributed by atoms with Crippen LogP contribution in [-0.4, -0.2) is 26.4 Å². The van der Waals surface area contributed by atoms with Crippen LogP contribution in [0, 0.1) is 0 Å². The van der Waals surface area contributed by atoms with Crippen LogP contribution in [0.1, 0.15) is 44.9 Å². The molecule has 152 valence electrons. The molecule has 0 aliphatic carbocycles. The molecule has 0 aliphatic heterocycles. The van der Waals surface area contributed by atoms with E-state index < -0.39 is 0 Å². The van der Waals surface area contributed by atoms with E-state index in [0.717, 1.165) is 23.8 Å². The van der Waals surface area contributed by atoms with Crippen LogP contribution in [-0.2, 0) is 17.8 Å². The highest BCUT2D eigenvalue weighted by Gasteiger charge is 2.13. The maximum absolute atomic E-state index is 12.3. The minimum atomic E-state index is -0.155. The lowest BCUT2D eigenvalue weighted by atomic mass is 10.1. The Kier molecular flexibility index (Phi) is 9.88. The number of thioether (sulfide) groups is 1. The molecule has 1 N–H and O–H groups in total. The highest BCUT2D eigenvalue weighted by molar-refractivity contribution is 7.99. The number of carbonyl (C=O) groups excluding carboxylic acids is 1. The van der Waals surface area contributed by atoms with E-state index in [2.05, 4.69) is 29.0 Å².